The Hall–Kier alpha value is -2.31. The van der Waals surface area contributed by atoms with Gasteiger partial charge in [0.15, 0.2) is 5.13 Å². The SMILES string of the molecule is CCN(CC)CCN(C(=O)c1cccc(C)c1)c1nc2c(F)cccc2s1. The number of carbonyl (C=O) groups excluding carboxylic acids is 1. The summed E-state index contributed by atoms with van der Waals surface area (Å²) in [5.41, 5.74) is 1.97. The Morgan fingerprint density at radius 3 is 2.52 bits per heavy atom. The monoisotopic (exact) mass is 385 g/mol. The molecule has 6 heteroatoms. The second-order valence-corrected chi connectivity index (χ2v) is 7.45. The van der Waals surface area contributed by atoms with Crippen LogP contribution in [-0.4, -0.2) is 42.0 Å². The second-order valence-electron chi connectivity index (χ2n) is 6.44. The summed E-state index contributed by atoms with van der Waals surface area (Å²) in [7, 11) is 0. The number of hydrogen-bond donors (Lipinski definition) is 0. The van der Waals surface area contributed by atoms with Gasteiger partial charge in [-0.1, -0.05) is 48.9 Å². The molecule has 0 radical (unpaired) electrons. The summed E-state index contributed by atoms with van der Waals surface area (Å²) < 4.78 is 14.8. The number of amides is 1. The van der Waals surface area contributed by atoms with Crippen LogP contribution in [0.5, 0.6) is 0 Å². The van der Waals surface area contributed by atoms with Crippen LogP contribution in [-0.2, 0) is 0 Å². The van der Waals surface area contributed by atoms with E-state index in [2.05, 4.69) is 23.7 Å². The van der Waals surface area contributed by atoms with Gasteiger partial charge in [-0.2, -0.15) is 0 Å². The van der Waals surface area contributed by atoms with E-state index in [0.29, 0.717) is 22.8 Å². The molecule has 1 heterocycles. The molecule has 0 fully saturated rings. The molecule has 142 valence electrons. The molecule has 0 aliphatic rings. The molecular formula is C21H24FN3OS. The second kappa shape index (κ2) is 8.59. The maximum absolute atomic E-state index is 14.1. The van der Waals surface area contributed by atoms with Crippen LogP contribution >= 0.6 is 11.3 Å². The zero-order valence-corrected chi connectivity index (χ0v) is 16.7. The molecule has 2 aromatic carbocycles. The first kappa shape index (κ1) is 19.5. The molecule has 0 N–H and O–H groups in total. The molecule has 1 aromatic heterocycles. The van der Waals surface area contributed by atoms with Gasteiger partial charge in [-0.25, -0.2) is 9.37 Å². The van der Waals surface area contributed by atoms with E-state index in [9.17, 15) is 9.18 Å². The van der Waals surface area contributed by atoms with Crippen molar-refractivity contribution in [1.29, 1.82) is 0 Å². The minimum Gasteiger partial charge on any atom is -0.302 e. The highest BCUT2D eigenvalue weighted by molar-refractivity contribution is 7.22. The van der Waals surface area contributed by atoms with E-state index in [0.717, 1.165) is 29.9 Å². The number of para-hydroxylation sites is 1. The van der Waals surface area contributed by atoms with Gasteiger partial charge in [0.1, 0.15) is 11.3 Å². The van der Waals surface area contributed by atoms with Gasteiger partial charge in [-0.3, -0.25) is 9.69 Å². The number of fused-ring (bicyclic) bond motifs is 1. The fraction of sp³-hybridized carbons (Fsp3) is 0.333. The van der Waals surface area contributed by atoms with Gasteiger partial charge in [0, 0.05) is 18.7 Å². The van der Waals surface area contributed by atoms with Crippen molar-refractivity contribution >= 4 is 32.6 Å². The van der Waals surface area contributed by atoms with Crippen LogP contribution in [0, 0.1) is 12.7 Å². The molecule has 3 rings (SSSR count). The zero-order valence-electron chi connectivity index (χ0n) is 15.9. The predicted molar refractivity (Wildman–Crippen MR) is 110 cm³/mol. The van der Waals surface area contributed by atoms with E-state index in [4.69, 9.17) is 0 Å². The molecule has 0 saturated carbocycles. The van der Waals surface area contributed by atoms with E-state index < -0.39 is 0 Å². The van der Waals surface area contributed by atoms with E-state index in [-0.39, 0.29) is 11.7 Å². The van der Waals surface area contributed by atoms with Gasteiger partial charge in [0.05, 0.1) is 4.70 Å². The van der Waals surface area contributed by atoms with Crippen molar-refractivity contribution in [2.24, 2.45) is 0 Å². The molecule has 0 aliphatic carbocycles. The number of nitrogens with zero attached hydrogens (tertiary/aromatic N) is 3. The number of benzene rings is 2. The summed E-state index contributed by atoms with van der Waals surface area (Å²) in [5.74, 6) is -0.466. The highest BCUT2D eigenvalue weighted by atomic mass is 32.1. The average Bonchev–Trinajstić information content (AvgIpc) is 3.10. The summed E-state index contributed by atoms with van der Waals surface area (Å²) >= 11 is 1.35. The Morgan fingerprint density at radius 2 is 1.85 bits per heavy atom. The Kier molecular flexibility index (Phi) is 6.19. The molecule has 0 atom stereocenters. The van der Waals surface area contributed by atoms with Crippen LogP contribution in [0.15, 0.2) is 42.5 Å². The van der Waals surface area contributed by atoms with Crippen LogP contribution in [0.3, 0.4) is 0 Å². The highest BCUT2D eigenvalue weighted by Crippen LogP contribution is 2.31. The summed E-state index contributed by atoms with van der Waals surface area (Å²) in [6.07, 6.45) is 0. The highest BCUT2D eigenvalue weighted by Gasteiger charge is 2.22. The first-order valence-corrected chi connectivity index (χ1v) is 10.0. The Bertz CT molecular complexity index is 936. The molecular weight excluding hydrogens is 361 g/mol. The number of likely N-dealkylation sites (N-methyl/N-ethyl adjacent to an activating group) is 1. The number of anilines is 1. The number of thiazole rings is 1. The minimum atomic E-state index is -0.360. The summed E-state index contributed by atoms with van der Waals surface area (Å²) in [6, 6.07) is 12.4. The van der Waals surface area contributed by atoms with Crippen molar-refractivity contribution in [3.63, 3.8) is 0 Å². The van der Waals surface area contributed by atoms with E-state index in [1.54, 1.807) is 11.0 Å². The third kappa shape index (κ3) is 4.34. The van der Waals surface area contributed by atoms with Crippen LogP contribution < -0.4 is 4.90 Å². The average molecular weight is 386 g/mol. The van der Waals surface area contributed by atoms with Crippen molar-refractivity contribution in [2.75, 3.05) is 31.1 Å². The lowest BCUT2D eigenvalue weighted by atomic mass is 10.1. The predicted octanol–water partition coefficient (Wildman–Crippen LogP) is 4.73. The smallest absolute Gasteiger partial charge is 0.260 e. The third-order valence-electron chi connectivity index (χ3n) is 4.63. The van der Waals surface area contributed by atoms with Gasteiger partial charge in [-0.15, -0.1) is 0 Å². The summed E-state index contributed by atoms with van der Waals surface area (Å²) in [6.45, 7) is 9.24. The van der Waals surface area contributed by atoms with Gasteiger partial charge < -0.3 is 4.90 Å². The first-order valence-electron chi connectivity index (χ1n) is 9.19. The van der Waals surface area contributed by atoms with Gasteiger partial charge in [-0.05, 0) is 44.3 Å². The Morgan fingerprint density at radius 1 is 1.11 bits per heavy atom. The van der Waals surface area contributed by atoms with Gasteiger partial charge in [0.2, 0.25) is 0 Å². The minimum absolute atomic E-state index is 0.106. The third-order valence-corrected chi connectivity index (χ3v) is 5.68. The number of aromatic nitrogens is 1. The molecule has 0 saturated heterocycles. The van der Waals surface area contributed by atoms with Crippen molar-refractivity contribution in [3.05, 3.63) is 59.4 Å². The van der Waals surface area contributed by atoms with Crippen LogP contribution in [0.4, 0.5) is 9.52 Å². The van der Waals surface area contributed by atoms with E-state index in [1.165, 1.54) is 17.4 Å². The maximum atomic E-state index is 14.1. The van der Waals surface area contributed by atoms with E-state index >= 15 is 0 Å². The molecule has 4 nitrogen and oxygen atoms in total. The fourth-order valence-corrected chi connectivity index (χ4v) is 4.02. The van der Waals surface area contributed by atoms with Crippen molar-refractivity contribution in [1.82, 2.24) is 9.88 Å². The van der Waals surface area contributed by atoms with Crippen molar-refractivity contribution in [3.8, 4) is 0 Å². The Balaban J connectivity index is 1.97. The molecule has 0 bridgehead atoms. The topological polar surface area (TPSA) is 36.4 Å². The lowest BCUT2D eigenvalue weighted by Gasteiger charge is -2.24. The number of hydrogen-bond acceptors (Lipinski definition) is 4. The number of carbonyl (C=O) groups is 1. The van der Waals surface area contributed by atoms with Crippen LogP contribution in [0.2, 0.25) is 0 Å². The number of aryl methyl sites for hydroxylation is 1. The fourth-order valence-electron chi connectivity index (χ4n) is 3.02. The first-order chi connectivity index (χ1) is 13.0. The number of halogens is 1. The lowest BCUT2D eigenvalue weighted by Crippen LogP contribution is -2.38. The standard InChI is InChI=1S/C21H24FN3OS/c1-4-24(5-2)12-13-25(20(26)16-9-6-8-15(3)14-16)21-23-19-17(22)10-7-11-18(19)27-21/h6-11,14H,4-5,12-13H2,1-3H3. The maximum Gasteiger partial charge on any atom is 0.260 e. The van der Waals surface area contributed by atoms with Crippen LogP contribution in [0.25, 0.3) is 10.2 Å². The quantitative estimate of drug-likeness (QED) is 0.590. The number of rotatable bonds is 7. The summed E-state index contributed by atoms with van der Waals surface area (Å²) in [5, 5.41) is 0.536. The molecule has 0 unspecified atom stereocenters. The molecule has 1 amide bonds. The van der Waals surface area contributed by atoms with Crippen molar-refractivity contribution < 1.29 is 9.18 Å². The van der Waals surface area contributed by atoms with Crippen molar-refractivity contribution in [2.45, 2.75) is 20.8 Å². The molecule has 0 aliphatic heterocycles. The van der Waals surface area contributed by atoms with Crippen LogP contribution in [0.1, 0.15) is 29.8 Å². The van der Waals surface area contributed by atoms with E-state index in [1.807, 2.05) is 37.3 Å². The Labute approximate surface area is 163 Å². The zero-order chi connectivity index (χ0) is 19.4. The lowest BCUT2D eigenvalue weighted by molar-refractivity contribution is 0.0983. The molecule has 0 spiro atoms. The largest absolute Gasteiger partial charge is 0.302 e. The molecule has 27 heavy (non-hydrogen) atoms. The molecule has 3 aromatic rings. The normalized spacial score (nSPS) is 11.3. The van der Waals surface area contributed by atoms with Gasteiger partial charge in [0.25, 0.3) is 5.91 Å². The summed E-state index contributed by atoms with van der Waals surface area (Å²) in [4.78, 5) is 21.6. The van der Waals surface area contributed by atoms with Gasteiger partial charge >= 0.3 is 0 Å².